The molecule has 2 heterocycles. The number of hydrogen-bond donors (Lipinski definition) is 1. The fourth-order valence-corrected chi connectivity index (χ4v) is 3.76. The van der Waals surface area contributed by atoms with E-state index in [0.717, 1.165) is 22.0 Å². The van der Waals surface area contributed by atoms with Crippen LogP contribution in [0.15, 0.2) is 51.9 Å². The summed E-state index contributed by atoms with van der Waals surface area (Å²) in [6, 6.07) is 13.2. The summed E-state index contributed by atoms with van der Waals surface area (Å²) in [5.74, 6) is 0.705. The summed E-state index contributed by atoms with van der Waals surface area (Å²) < 4.78 is 5.92. The lowest BCUT2D eigenvalue weighted by atomic mass is 10.2. The monoisotopic (exact) mass is 397 g/mol. The fourth-order valence-electron chi connectivity index (χ4n) is 2.77. The van der Waals surface area contributed by atoms with Gasteiger partial charge in [-0.1, -0.05) is 41.6 Å². The molecule has 1 N–H and O–H groups in total. The number of aromatic nitrogens is 2. The first-order chi connectivity index (χ1) is 13.0. The maximum atomic E-state index is 12.3. The van der Waals surface area contributed by atoms with Crippen molar-refractivity contribution in [3.63, 3.8) is 0 Å². The number of benzene rings is 2. The Hall–Kier alpha value is -2.57. The highest BCUT2D eigenvalue weighted by molar-refractivity contribution is 8.00. The van der Waals surface area contributed by atoms with E-state index in [9.17, 15) is 4.79 Å². The zero-order chi connectivity index (χ0) is 19.0. The van der Waals surface area contributed by atoms with Gasteiger partial charge in [-0.15, -0.1) is 0 Å². The quantitative estimate of drug-likeness (QED) is 0.370. The van der Waals surface area contributed by atoms with Gasteiger partial charge in [0.05, 0.1) is 5.75 Å². The smallest absolute Gasteiger partial charge is 0.234 e. The predicted octanol–water partition coefficient (Wildman–Crippen LogP) is 5.38. The van der Waals surface area contributed by atoms with E-state index >= 15 is 0 Å². The largest absolute Gasteiger partial charge is 0.451 e. The molecule has 0 bridgehead atoms. The van der Waals surface area contributed by atoms with Crippen LogP contribution in [0.5, 0.6) is 0 Å². The lowest BCUT2D eigenvalue weighted by Crippen LogP contribution is -2.14. The zero-order valence-electron chi connectivity index (χ0n) is 14.7. The Morgan fingerprint density at radius 2 is 2.00 bits per heavy atom. The molecular formula is C20H16ClN3O2S. The van der Waals surface area contributed by atoms with E-state index < -0.39 is 0 Å². The topological polar surface area (TPSA) is 68.0 Å². The number of rotatable bonds is 4. The second-order valence-electron chi connectivity index (χ2n) is 6.15. The molecule has 7 heteroatoms. The lowest BCUT2D eigenvalue weighted by molar-refractivity contribution is -0.113. The van der Waals surface area contributed by atoms with Crippen LogP contribution < -0.4 is 5.32 Å². The first kappa shape index (κ1) is 17.8. The number of furan rings is 1. The molecule has 0 aliphatic rings. The highest BCUT2D eigenvalue weighted by Crippen LogP contribution is 2.33. The van der Waals surface area contributed by atoms with Crippen molar-refractivity contribution in [3.05, 3.63) is 58.9 Å². The molecule has 4 aromatic rings. The van der Waals surface area contributed by atoms with Crippen LogP contribution in [-0.4, -0.2) is 21.6 Å². The van der Waals surface area contributed by atoms with Gasteiger partial charge in [0, 0.05) is 16.1 Å². The molecule has 4 rings (SSSR count). The van der Waals surface area contributed by atoms with E-state index in [1.54, 1.807) is 6.07 Å². The van der Waals surface area contributed by atoms with E-state index in [2.05, 4.69) is 15.3 Å². The number of fused-ring (bicyclic) bond motifs is 3. The summed E-state index contributed by atoms with van der Waals surface area (Å²) in [5.41, 5.74) is 3.77. The average molecular weight is 398 g/mol. The van der Waals surface area contributed by atoms with E-state index in [-0.39, 0.29) is 11.7 Å². The summed E-state index contributed by atoms with van der Waals surface area (Å²) in [7, 11) is 0. The van der Waals surface area contributed by atoms with Gasteiger partial charge in [0.1, 0.15) is 22.0 Å². The summed E-state index contributed by atoms with van der Waals surface area (Å²) in [4.78, 5) is 21.3. The van der Waals surface area contributed by atoms with Crippen LogP contribution in [0.3, 0.4) is 0 Å². The van der Waals surface area contributed by atoms with E-state index in [0.29, 0.717) is 27.1 Å². The second-order valence-corrected chi connectivity index (χ2v) is 7.52. The number of hydrogen-bond acceptors (Lipinski definition) is 5. The van der Waals surface area contributed by atoms with Crippen molar-refractivity contribution in [2.24, 2.45) is 0 Å². The Kier molecular flexibility index (Phi) is 4.76. The first-order valence-electron chi connectivity index (χ1n) is 8.36. The number of para-hydroxylation sites is 1. The minimum Gasteiger partial charge on any atom is -0.451 e. The molecule has 2 aromatic carbocycles. The SMILES string of the molecule is Cc1nc(SCC(=O)Nc2ccc(C)c(Cl)c2)c2oc3ccccc3c2n1. The molecule has 0 saturated carbocycles. The molecule has 0 aliphatic carbocycles. The van der Waals surface area contributed by atoms with Crippen molar-refractivity contribution in [1.82, 2.24) is 9.97 Å². The van der Waals surface area contributed by atoms with Crippen LogP contribution in [0.2, 0.25) is 5.02 Å². The van der Waals surface area contributed by atoms with Crippen molar-refractivity contribution in [2.45, 2.75) is 18.9 Å². The zero-order valence-corrected chi connectivity index (χ0v) is 16.3. The van der Waals surface area contributed by atoms with Crippen LogP contribution in [0.1, 0.15) is 11.4 Å². The van der Waals surface area contributed by atoms with Crippen molar-refractivity contribution in [2.75, 3.05) is 11.1 Å². The summed E-state index contributed by atoms with van der Waals surface area (Å²) in [6.07, 6.45) is 0. The van der Waals surface area contributed by atoms with E-state index in [1.807, 2.05) is 50.2 Å². The van der Waals surface area contributed by atoms with Gasteiger partial charge in [-0.25, -0.2) is 9.97 Å². The number of halogens is 1. The maximum absolute atomic E-state index is 12.3. The number of anilines is 1. The van der Waals surface area contributed by atoms with Crippen LogP contribution in [-0.2, 0) is 4.79 Å². The fraction of sp³-hybridized carbons (Fsp3) is 0.150. The molecule has 0 aliphatic heterocycles. The molecule has 0 unspecified atom stereocenters. The number of carbonyl (C=O) groups is 1. The first-order valence-corrected chi connectivity index (χ1v) is 9.72. The third-order valence-corrected chi connectivity index (χ3v) is 5.46. The molecule has 136 valence electrons. The molecule has 0 atom stereocenters. The number of thioether (sulfide) groups is 1. The summed E-state index contributed by atoms with van der Waals surface area (Å²) >= 11 is 7.43. The van der Waals surface area contributed by atoms with Crippen LogP contribution in [0.25, 0.3) is 22.1 Å². The molecular weight excluding hydrogens is 382 g/mol. The minimum atomic E-state index is -0.138. The van der Waals surface area contributed by atoms with Crippen LogP contribution in [0, 0.1) is 13.8 Å². The Labute approximate surface area is 165 Å². The van der Waals surface area contributed by atoms with Gasteiger partial charge in [0.25, 0.3) is 0 Å². The van der Waals surface area contributed by atoms with Gasteiger partial charge in [0.2, 0.25) is 5.91 Å². The van der Waals surface area contributed by atoms with Gasteiger partial charge < -0.3 is 9.73 Å². The number of amides is 1. The molecule has 0 radical (unpaired) electrons. The number of nitrogens with zero attached hydrogens (tertiary/aromatic N) is 2. The lowest BCUT2D eigenvalue weighted by Gasteiger charge is -2.07. The molecule has 27 heavy (non-hydrogen) atoms. The number of carbonyl (C=O) groups excluding carboxylic acids is 1. The highest BCUT2D eigenvalue weighted by Gasteiger charge is 2.16. The minimum absolute atomic E-state index is 0.138. The van der Waals surface area contributed by atoms with Crippen LogP contribution >= 0.6 is 23.4 Å². The highest BCUT2D eigenvalue weighted by atomic mass is 35.5. The molecule has 5 nitrogen and oxygen atoms in total. The second kappa shape index (κ2) is 7.21. The number of nitrogens with one attached hydrogen (secondary N) is 1. The van der Waals surface area contributed by atoms with Gasteiger partial charge in [-0.2, -0.15) is 0 Å². The van der Waals surface area contributed by atoms with E-state index in [1.165, 1.54) is 11.8 Å². The average Bonchev–Trinajstić information content (AvgIpc) is 3.01. The van der Waals surface area contributed by atoms with Crippen molar-refractivity contribution in [1.29, 1.82) is 0 Å². The van der Waals surface area contributed by atoms with Gasteiger partial charge in [-0.05, 0) is 43.7 Å². The summed E-state index contributed by atoms with van der Waals surface area (Å²) in [6.45, 7) is 3.75. The van der Waals surface area contributed by atoms with Gasteiger partial charge >= 0.3 is 0 Å². The molecule has 0 fully saturated rings. The molecule has 2 aromatic heterocycles. The normalized spacial score (nSPS) is 11.2. The Bertz CT molecular complexity index is 1170. The van der Waals surface area contributed by atoms with Crippen LogP contribution in [0.4, 0.5) is 5.69 Å². The Morgan fingerprint density at radius 3 is 2.81 bits per heavy atom. The molecule has 0 spiro atoms. The Balaban J connectivity index is 1.56. The standard InChI is InChI=1S/C20H16ClN3O2S/c1-11-7-8-13(9-15(11)21)24-17(25)10-27-20-19-18(22-12(2)23-20)14-5-3-4-6-16(14)26-19/h3-9H,10H2,1-2H3,(H,24,25). The van der Waals surface area contributed by atoms with Gasteiger partial charge in [-0.3, -0.25) is 4.79 Å². The molecule has 1 amide bonds. The predicted molar refractivity (Wildman–Crippen MR) is 110 cm³/mol. The Morgan fingerprint density at radius 1 is 1.19 bits per heavy atom. The van der Waals surface area contributed by atoms with Crippen molar-refractivity contribution in [3.8, 4) is 0 Å². The van der Waals surface area contributed by atoms with E-state index in [4.69, 9.17) is 16.0 Å². The summed E-state index contributed by atoms with van der Waals surface area (Å²) in [5, 5.41) is 5.07. The maximum Gasteiger partial charge on any atom is 0.234 e. The molecule has 0 saturated heterocycles. The number of aryl methyl sites for hydroxylation is 2. The third kappa shape index (κ3) is 3.63. The van der Waals surface area contributed by atoms with Crippen molar-refractivity contribution >= 4 is 57.0 Å². The van der Waals surface area contributed by atoms with Crippen molar-refractivity contribution < 1.29 is 9.21 Å². The third-order valence-electron chi connectivity index (χ3n) is 4.10. The van der Waals surface area contributed by atoms with Gasteiger partial charge in [0.15, 0.2) is 5.58 Å².